The first-order valence-electron chi connectivity index (χ1n) is 4.21. The van der Waals surface area contributed by atoms with Crippen LogP contribution in [0.2, 0.25) is 0 Å². The van der Waals surface area contributed by atoms with Gasteiger partial charge in [-0.3, -0.25) is 4.90 Å². The molecule has 2 unspecified atom stereocenters. The van der Waals surface area contributed by atoms with Crippen LogP contribution in [0.1, 0.15) is 12.8 Å². The number of nitrogens with zero attached hydrogens (tertiary/aromatic N) is 1. The van der Waals surface area contributed by atoms with Crippen LogP contribution in [-0.4, -0.2) is 24.8 Å². The van der Waals surface area contributed by atoms with Crippen LogP contribution >= 0.6 is 0 Å². The van der Waals surface area contributed by atoms with Gasteiger partial charge in [0.15, 0.2) is 0 Å². The highest BCUT2D eigenvalue weighted by atomic mass is 15.6. The lowest BCUT2D eigenvalue weighted by atomic mass is 9.91. The summed E-state index contributed by atoms with van der Waals surface area (Å²) >= 11 is 0. The summed E-state index contributed by atoms with van der Waals surface area (Å²) in [5.74, 6) is 0.815. The van der Waals surface area contributed by atoms with Crippen molar-refractivity contribution in [1.82, 2.24) is 15.8 Å². The maximum atomic E-state index is 3.25. The largest absolute Gasteiger partial charge is 0.276 e. The molecular formula is C8H15N3. The highest BCUT2D eigenvalue weighted by molar-refractivity contribution is 5.02. The van der Waals surface area contributed by atoms with E-state index >= 15 is 0 Å². The second-order valence-electron chi connectivity index (χ2n) is 3.41. The Morgan fingerprint density at radius 2 is 2.45 bits per heavy atom. The maximum absolute atomic E-state index is 3.25. The lowest BCUT2D eigenvalue weighted by molar-refractivity contribution is 0.254. The Morgan fingerprint density at radius 3 is 2.91 bits per heavy atom. The molecule has 2 aliphatic rings. The van der Waals surface area contributed by atoms with Crippen molar-refractivity contribution in [3.63, 3.8) is 0 Å². The van der Waals surface area contributed by atoms with E-state index < -0.39 is 0 Å². The standard InChI is InChI=1S/C8H15N3/c1-11-6-9-10-8(11)5-7-3-2-4-7/h2-3,7-10H,4-6H2,1H3. The quantitative estimate of drug-likeness (QED) is 0.558. The average molecular weight is 153 g/mol. The molecule has 11 heavy (non-hydrogen) atoms. The van der Waals surface area contributed by atoms with Gasteiger partial charge in [-0.15, -0.1) is 0 Å². The molecule has 1 aliphatic heterocycles. The number of allylic oxidation sites excluding steroid dienone is 2. The molecule has 0 aromatic carbocycles. The third-order valence-electron chi connectivity index (χ3n) is 2.50. The van der Waals surface area contributed by atoms with Gasteiger partial charge < -0.3 is 0 Å². The Hall–Kier alpha value is -0.380. The van der Waals surface area contributed by atoms with E-state index in [2.05, 4.69) is 35.0 Å². The first-order chi connectivity index (χ1) is 5.36. The van der Waals surface area contributed by atoms with Gasteiger partial charge >= 0.3 is 0 Å². The molecule has 1 fully saturated rings. The summed E-state index contributed by atoms with van der Waals surface area (Å²) in [6.45, 7) is 0.959. The molecule has 3 heteroatoms. The Bertz CT molecular complexity index is 167. The topological polar surface area (TPSA) is 27.3 Å². The Balaban J connectivity index is 1.80. The molecule has 0 amide bonds. The molecule has 2 rings (SSSR count). The average Bonchev–Trinajstić information content (AvgIpc) is 2.27. The SMILES string of the molecule is CN1CNNC1CC1C=CC1. The van der Waals surface area contributed by atoms with Gasteiger partial charge in [-0.1, -0.05) is 12.2 Å². The van der Waals surface area contributed by atoms with Gasteiger partial charge in [0, 0.05) is 0 Å². The predicted molar refractivity (Wildman–Crippen MR) is 44.6 cm³/mol. The molecule has 0 saturated carbocycles. The van der Waals surface area contributed by atoms with Crippen molar-refractivity contribution in [2.75, 3.05) is 13.7 Å². The summed E-state index contributed by atoms with van der Waals surface area (Å²) in [4.78, 5) is 2.30. The molecule has 1 heterocycles. The first kappa shape index (κ1) is 7.28. The molecule has 1 saturated heterocycles. The summed E-state index contributed by atoms with van der Waals surface area (Å²) in [6, 6.07) is 0. The lowest BCUT2D eigenvalue weighted by Crippen LogP contribution is -2.36. The predicted octanol–water partition coefficient (Wildman–Crippen LogP) is 0.276. The molecule has 2 N–H and O–H groups in total. The molecule has 3 nitrogen and oxygen atoms in total. The molecule has 1 aliphatic carbocycles. The van der Waals surface area contributed by atoms with Gasteiger partial charge in [0.05, 0.1) is 12.8 Å². The molecule has 0 radical (unpaired) electrons. The molecular weight excluding hydrogens is 138 g/mol. The van der Waals surface area contributed by atoms with Crippen molar-refractivity contribution in [2.45, 2.75) is 19.0 Å². The van der Waals surface area contributed by atoms with Gasteiger partial charge in [0.2, 0.25) is 0 Å². The second kappa shape index (κ2) is 2.93. The van der Waals surface area contributed by atoms with E-state index in [1.165, 1.54) is 12.8 Å². The van der Waals surface area contributed by atoms with Gasteiger partial charge in [-0.05, 0) is 25.8 Å². The summed E-state index contributed by atoms with van der Waals surface area (Å²) in [5, 5.41) is 0. The van der Waals surface area contributed by atoms with E-state index in [9.17, 15) is 0 Å². The van der Waals surface area contributed by atoms with E-state index in [0.29, 0.717) is 6.17 Å². The Labute approximate surface area is 67.4 Å². The van der Waals surface area contributed by atoms with Crippen LogP contribution in [0.3, 0.4) is 0 Å². The minimum Gasteiger partial charge on any atom is -0.276 e. The zero-order valence-electron chi connectivity index (χ0n) is 6.88. The van der Waals surface area contributed by atoms with E-state index in [1.807, 2.05) is 0 Å². The van der Waals surface area contributed by atoms with Crippen molar-refractivity contribution >= 4 is 0 Å². The molecule has 0 aromatic rings. The van der Waals surface area contributed by atoms with E-state index in [-0.39, 0.29) is 0 Å². The van der Waals surface area contributed by atoms with Gasteiger partial charge in [0.1, 0.15) is 0 Å². The van der Waals surface area contributed by atoms with Crippen molar-refractivity contribution < 1.29 is 0 Å². The van der Waals surface area contributed by atoms with E-state index in [1.54, 1.807) is 0 Å². The third-order valence-corrected chi connectivity index (χ3v) is 2.50. The highest BCUT2D eigenvalue weighted by Gasteiger charge is 2.23. The zero-order chi connectivity index (χ0) is 7.68. The molecule has 2 atom stereocenters. The molecule has 0 spiro atoms. The number of hydrazine groups is 1. The summed E-state index contributed by atoms with van der Waals surface area (Å²) < 4.78 is 0. The molecule has 0 bridgehead atoms. The summed E-state index contributed by atoms with van der Waals surface area (Å²) in [5.41, 5.74) is 6.37. The van der Waals surface area contributed by atoms with Crippen molar-refractivity contribution in [2.24, 2.45) is 5.92 Å². The molecule has 0 aromatic heterocycles. The van der Waals surface area contributed by atoms with Crippen molar-refractivity contribution in [1.29, 1.82) is 0 Å². The Kier molecular flexibility index (Phi) is 1.94. The minimum absolute atomic E-state index is 0.532. The van der Waals surface area contributed by atoms with Crippen molar-refractivity contribution in [3.8, 4) is 0 Å². The number of nitrogens with one attached hydrogen (secondary N) is 2. The number of hydrogen-bond donors (Lipinski definition) is 2. The summed E-state index contributed by atoms with van der Waals surface area (Å²) in [7, 11) is 2.14. The monoisotopic (exact) mass is 153 g/mol. The van der Waals surface area contributed by atoms with Crippen LogP contribution in [0.25, 0.3) is 0 Å². The molecule has 62 valence electrons. The van der Waals surface area contributed by atoms with Crippen molar-refractivity contribution in [3.05, 3.63) is 12.2 Å². The van der Waals surface area contributed by atoms with Crippen LogP contribution in [0.4, 0.5) is 0 Å². The van der Waals surface area contributed by atoms with Crippen LogP contribution < -0.4 is 10.9 Å². The number of rotatable bonds is 2. The Morgan fingerprint density at radius 1 is 1.64 bits per heavy atom. The summed E-state index contributed by atoms with van der Waals surface area (Å²) in [6.07, 6.45) is 7.58. The zero-order valence-corrected chi connectivity index (χ0v) is 6.88. The minimum atomic E-state index is 0.532. The number of hydrogen-bond acceptors (Lipinski definition) is 3. The smallest absolute Gasteiger partial charge is 0.0743 e. The van der Waals surface area contributed by atoms with Gasteiger partial charge in [0.25, 0.3) is 0 Å². The van der Waals surface area contributed by atoms with E-state index in [0.717, 1.165) is 12.6 Å². The fraction of sp³-hybridized carbons (Fsp3) is 0.750. The normalized spacial score (nSPS) is 37.5. The first-order valence-corrected chi connectivity index (χ1v) is 4.21. The van der Waals surface area contributed by atoms with Crippen LogP contribution in [0.5, 0.6) is 0 Å². The third kappa shape index (κ3) is 1.45. The van der Waals surface area contributed by atoms with Crippen LogP contribution in [0.15, 0.2) is 12.2 Å². The second-order valence-corrected chi connectivity index (χ2v) is 3.41. The fourth-order valence-corrected chi connectivity index (χ4v) is 1.54. The van der Waals surface area contributed by atoms with E-state index in [4.69, 9.17) is 0 Å². The van der Waals surface area contributed by atoms with Crippen LogP contribution in [0, 0.1) is 5.92 Å². The lowest BCUT2D eigenvalue weighted by Gasteiger charge is -2.24. The highest BCUT2D eigenvalue weighted by Crippen LogP contribution is 2.23. The fourth-order valence-electron chi connectivity index (χ4n) is 1.54. The maximum Gasteiger partial charge on any atom is 0.0743 e. The van der Waals surface area contributed by atoms with Crippen LogP contribution in [-0.2, 0) is 0 Å². The van der Waals surface area contributed by atoms with Gasteiger partial charge in [-0.2, -0.15) is 0 Å². The van der Waals surface area contributed by atoms with Gasteiger partial charge in [-0.25, -0.2) is 10.9 Å².